The first-order chi connectivity index (χ1) is 27.1. The molecule has 7 rings (SSSR count). The standard InChI is InChI=1S/C34H2BF21O2/c36-3-1-2-4(37)33(14(3)38)57-35(58-34-12(24(48)29(53)31(55)32(34)56)11-22(46)27(51)30(54)28(52)23(11)47)13-7-5-6-9(16(40)15(7)39)20(44)26(50)21(45)10(6)18(42)17(41)8(5)19(43)25(13)49/h1-2H. The first-order valence-electron chi connectivity index (χ1n) is 14.8. The summed E-state index contributed by atoms with van der Waals surface area (Å²) in [5.74, 6) is -66.0. The van der Waals surface area contributed by atoms with Crippen LogP contribution in [0.3, 0.4) is 0 Å². The molecule has 0 aliphatic heterocycles. The minimum atomic E-state index is -4.09. The molecule has 0 saturated heterocycles. The van der Waals surface area contributed by atoms with E-state index >= 15 is 35.1 Å². The van der Waals surface area contributed by atoms with Crippen LogP contribution in [-0.4, -0.2) is 7.12 Å². The van der Waals surface area contributed by atoms with Gasteiger partial charge in [0.2, 0.25) is 23.3 Å². The van der Waals surface area contributed by atoms with Crippen LogP contribution in [0.25, 0.3) is 43.4 Å². The molecule has 0 N–H and O–H groups in total. The van der Waals surface area contributed by atoms with E-state index in [0.29, 0.717) is 0 Å². The van der Waals surface area contributed by atoms with Gasteiger partial charge in [0.25, 0.3) is 0 Å². The summed E-state index contributed by atoms with van der Waals surface area (Å²) in [6, 6.07) is -0.0907. The van der Waals surface area contributed by atoms with Gasteiger partial charge in [0.15, 0.2) is 110 Å². The molecule has 58 heavy (non-hydrogen) atoms. The quantitative estimate of drug-likeness (QED) is 0.0546. The Labute approximate surface area is 303 Å². The molecule has 7 aromatic carbocycles. The van der Waals surface area contributed by atoms with Crippen molar-refractivity contribution in [2.24, 2.45) is 0 Å². The van der Waals surface area contributed by atoms with Gasteiger partial charge in [-0.1, -0.05) is 0 Å². The van der Waals surface area contributed by atoms with Crippen LogP contribution in [0, 0.1) is 122 Å². The fourth-order valence-electron chi connectivity index (χ4n) is 6.12. The second-order valence-corrected chi connectivity index (χ2v) is 11.6. The fraction of sp³-hybridized carbons (Fsp3) is 0. The Morgan fingerprint density at radius 3 is 1.09 bits per heavy atom. The van der Waals surface area contributed by atoms with Crippen molar-refractivity contribution in [2.75, 3.05) is 0 Å². The highest BCUT2D eigenvalue weighted by atomic mass is 19.2. The van der Waals surface area contributed by atoms with Crippen LogP contribution < -0.4 is 14.8 Å². The zero-order chi connectivity index (χ0) is 42.9. The van der Waals surface area contributed by atoms with E-state index in [1.807, 2.05) is 0 Å². The van der Waals surface area contributed by atoms with E-state index in [1.54, 1.807) is 0 Å². The van der Waals surface area contributed by atoms with Crippen LogP contribution >= 0.6 is 0 Å². The highest BCUT2D eigenvalue weighted by Gasteiger charge is 2.45. The van der Waals surface area contributed by atoms with Crippen molar-refractivity contribution < 1.29 is 102 Å². The molecule has 24 heteroatoms. The highest BCUT2D eigenvalue weighted by molar-refractivity contribution is 6.66. The molecule has 0 unspecified atom stereocenters. The lowest BCUT2D eigenvalue weighted by Crippen LogP contribution is -2.47. The van der Waals surface area contributed by atoms with E-state index in [-0.39, 0.29) is 12.1 Å². The summed E-state index contributed by atoms with van der Waals surface area (Å²) in [5, 5.41) is -12.8. The zero-order valence-corrected chi connectivity index (χ0v) is 26.5. The van der Waals surface area contributed by atoms with Crippen molar-refractivity contribution in [3.8, 4) is 22.6 Å². The van der Waals surface area contributed by atoms with Gasteiger partial charge >= 0.3 is 7.12 Å². The van der Waals surface area contributed by atoms with Crippen LogP contribution in [0.15, 0.2) is 12.1 Å². The Bertz CT molecular complexity index is 2940. The van der Waals surface area contributed by atoms with Crippen LogP contribution in [0.5, 0.6) is 11.5 Å². The van der Waals surface area contributed by atoms with Crippen molar-refractivity contribution in [3.63, 3.8) is 0 Å². The summed E-state index contributed by atoms with van der Waals surface area (Å²) in [6.45, 7) is 0. The van der Waals surface area contributed by atoms with Gasteiger partial charge in [-0.25, -0.2) is 83.4 Å². The number of rotatable bonds is 6. The van der Waals surface area contributed by atoms with Gasteiger partial charge < -0.3 is 9.31 Å². The predicted molar refractivity (Wildman–Crippen MR) is 154 cm³/mol. The first-order valence-corrected chi connectivity index (χ1v) is 14.8. The molecule has 0 fully saturated rings. The largest absolute Gasteiger partial charge is 0.636 e. The molecule has 0 heterocycles. The van der Waals surface area contributed by atoms with Crippen molar-refractivity contribution in [3.05, 3.63) is 134 Å². The molecule has 0 amide bonds. The van der Waals surface area contributed by atoms with E-state index in [9.17, 15) is 57.1 Å². The molecule has 0 aromatic heterocycles. The third-order valence-electron chi connectivity index (χ3n) is 8.63. The van der Waals surface area contributed by atoms with Gasteiger partial charge in [-0.15, -0.1) is 0 Å². The van der Waals surface area contributed by atoms with Crippen molar-refractivity contribution in [1.29, 1.82) is 0 Å². The van der Waals surface area contributed by atoms with E-state index < -0.39 is 190 Å². The lowest BCUT2D eigenvalue weighted by Gasteiger charge is -2.24. The van der Waals surface area contributed by atoms with Gasteiger partial charge in [-0.05, 0) is 12.1 Å². The van der Waals surface area contributed by atoms with Crippen LogP contribution in [0.1, 0.15) is 0 Å². The third kappa shape index (κ3) is 5.21. The van der Waals surface area contributed by atoms with Crippen LogP contribution in [0.4, 0.5) is 92.2 Å². The normalized spacial score (nSPS) is 11.9. The van der Waals surface area contributed by atoms with Crippen LogP contribution in [0.2, 0.25) is 0 Å². The Hall–Kier alpha value is -6.23. The number of hydrogen-bond acceptors (Lipinski definition) is 2. The molecule has 0 spiro atoms. The van der Waals surface area contributed by atoms with Crippen molar-refractivity contribution >= 4 is 44.9 Å². The lowest BCUT2D eigenvalue weighted by molar-refractivity contribution is 0.354. The SMILES string of the molecule is Fc1ccc(F)c(OB(Oc2c(F)c(F)c(F)c(F)c2-c2c(F)c(F)c(F)c(F)c2F)c2c(F)c(F)c3c(F)c(F)c4c(F)c(F)c(F)c5c(F)c(F)c2c3c45)c1F. The van der Waals surface area contributed by atoms with E-state index in [2.05, 4.69) is 9.31 Å². The zero-order valence-electron chi connectivity index (χ0n) is 26.5. The third-order valence-corrected chi connectivity index (χ3v) is 8.63. The Kier molecular flexibility index (Phi) is 9.26. The molecule has 0 atom stereocenters. The summed E-state index contributed by atoms with van der Waals surface area (Å²) in [6.07, 6.45) is 0. The van der Waals surface area contributed by atoms with Gasteiger partial charge in [-0.3, -0.25) is 0 Å². The van der Waals surface area contributed by atoms with E-state index in [0.717, 1.165) is 0 Å². The van der Waals surface area contributed by atoms with Crippen molar-refractivity contribution in [2.45, 2.75) is 0 Å². The molecule has 0 aliphatic carbocycles. The van der Waals surface area contributed by atoms with Gasteiger partial charge in [-0.2, -0.15) is 8.78 Å². The maximum absolute atomic E-state index is 16.2. The number of benzene rings is 7. The lowest BCUT2D eigenvalue weighted by atomic mass is 9.72. The first kappa shape index (κ1) is 40.0. The van der Waals surface area contributed by atoms with Crippen molar-refractivity contribution in [1.82, 2.24) is 0 Å². The minimum Gasteiger partial charge on any atom is -0.519 e. The minimum absolute atomic E-state index is 0.0237. The Morgan fingerprint density at radius 2 is 0.586 bits per heavy atom. The molecule has 2 nitrogen and oxygen atoms in total. The molecule has 300 valence electrons. The molecule has 7 aromatic rings. The average molecular weight is 852 g/mol. The molecular weight excluding hydrogens is 850 g/mol. The average Bonchev–Trinajstić information content (AvgIpc) is 3.19. The maximum atomic E-state index is 16.2. The summed E-state index contributed by atoms with van der Waals surface area (Å²) in [5.41, 5.74) is -8.07. The molecule has 0 radical (unpaired) electrons. The highest BCUT2D eigenvalue weighted by Crippen LogP contribution is 2.46. The number of halogens is 21. The summed E-state index contributed by atoms with van der Waals surface area (Å²) >= 11 is 0. The summed E-state index contributed by atoms with van der Waals surface area (Å²) in [4.78, 5) is 0. The fourth-order valence-corrected chi connectivity index (χ4v) is 6.12. The molecular formula is C34H2BF21O2. The Balaban J connectivity index is 1.70. The van der Waals surface area contributed by atoms with Crippen LogP contribution in [-0.2, 0) is 0 Å². The monoisotopic (exact) mass is 852 g/mol. The second-order valence-electron chi connectivity index (χ2n) is 11.6. The second kappa shape index (κ2) is 13.4. The summed E-state index contributed by atoms with van der Waals surface area (Å²) < 4.78 is 325. The summed E-state index contributed by atoms with van der Waals surface area (Å²) in [7, 11) is -4.09. The number of hydrogen-bond donors (Lipinski definition) is 0. The predicted octanol–water partition coefficient (Wildman–Crippen LogP) is 11.0. The van der Waals surface area contributed by atoms with E-state index in [1.165, 1.54) is 0 Å². The molecule has 0 bridgehead atoms. The van der Waals surface area contributed by atoms with Gasteiger partial charge in [0.1, 0.15) is 0 Å². The van der Waals surface area contributed by atoms with Gasteiger partial charge in [0, 0.05) is 16.2 Å². The Morgan fingerprint density at radius 1 is 0.259 bits per heavy atom. The molecule has 0 saturated carbocycles. The van der Waals surface area contributed by atoms with E-state index in [4.69, 9.17) is 0 Å². The smallest absolute Gasteiger partial charge is 0.519 e. The van der Waals surface area contributed by atoms with Gasteiger partial charge in [0.05, 0.1) is 32.7 Å². The topological polar surface area (TPSA) is 18.5 Å². The molecule has 0 aliphatic rings. The maximum Gasteiger partial charge on any atom is 0.636 e.